The van der Waals surface area contributed by atoms with Gasteiger partial charge in [0.15, 0.2) is 0 Å². The van der Waals surface area contributed by atoms with E-state index in [1.165, 1.54) is 0 Å². The van der Waals surface area contributed by atoms with Gasteiger partial charge in [0, 0.05) is 20.6 Å². The molecule has 0 bridgehead atoms. The molecule has 0 saturated heterocycles. The Hall–Kier alpha value is -0.840. The molecular weight excluding hydrogens is 370 g/mol. The van der Waals surface area contributed by atoms with Gasteiger partial charge in [0.1, 0.15) is 12.4 Å². The zero-order chi connectivity index (χ0) is 13.8. The molecule has 2 aromatic rings. The van der Waals surface area contributed by atoms with Gasteiger partial charge in [-0.15, -0.1) is 0 Å². The Labute approximate surface area is 130 Å². The maximum absolute atomic E-state index is 5.97. The highest BCUT2D eigenvalue weighted by Crippen LogP contribution is 2.28. The Balaban J connectivity index is 2.13. The van der Waals surface area contributed by atoms with E-state index in [0.29, 0.717) is 6.61 Å². The first-order valence-electron chi connectivity index (χ1n) is 5.98. The van der Waals surface area contributed by atoms with Crippen molar-refractivity contribution in [1.82, 2.24) is 0 Å². The molecule has 2 nitrogen and oxygen atoms in total. The lowest BCUT2D eigenvalue weighted by molar-refractivity contribution is 0.301. The third-order valence-corrected chi connectivity index (χ3v) is 3.79. The summed E-state index contributed by atoms with van der Waals surface area (Å²) in [5, 5.41) is 0. The number of ether oxygens (including phenoxy) is 1. The number of halogens is 2. The van der Waals surface area contributed by atoms with E-state index in [1.54, 1.807) is 0 Å². The fraction of sp³-hybridized carbons (Fsp3) is 0.200. The van der Waals surface area contributed by atoms with Crippen LogP contribution in [0.4, 0.5) is 0 Å². The van der Waals surface area contributed by atoms with Crippen LogP contribution in [-0.2, 0) is 6.61 Å². The normalized spacial score (nSPS) is 12.2. The average molecular weight is 385 g/mol. The summed E-state index contributed by atoms with van der Waals surface area (Å²) in [5.74, 6) is 0.834. The molecule has 0 aliphatic carbocycles. The van der Waals surface area contributed by atoms with E-state index in [0.717, 1.165) is 25.8 Å². The summed E-state index contributed by atoms with van der Waals surface area (Å²) in [7, 11) is 0. The van der Waals surface area contributed by atoms with Crippen LogP contribution in [0.5, 0.6) is 5.75 Å². The van der Waals surface area contributed by atoms with Crippen molar-refractivity contribution in [1.29, 1.82) is 0 Å². The average Bonchev–Trinajstić information content (AvgIpc) is 2.39. The number of hydrogen-bond donors (Lipinski definition) is 1. The Morgan fingerprint density at radius 3 is 2.32 bits per heavy atom. The third kappa shape index (κ3) is 4.06. The zero-order valence-corrected chi connectivity index (χ0v) is 13.7. The topological polar surface area (TPSA) is 35.2 Å². The zero-order valence-electron chi connectivity index (χ0n) is 10.6. The summed E-state index contributed by atoms with van der Waals surface area (Å²) in [4.78, 5) is 0. The SMILES string of the molecule is C[C@@H](N)c1cc(Br)ccc1OCc1ccc(Br)cc1. The predicted octanol–water partition coefficient (Wildman–Crippen LogP) is 4.81. The second kappa shape index (κ2) is 6.55. The van der Waals surface area contributed by atoms with E-state index in [-0.39, 0.29) is 6.04 Å². The van der Waals surface area contributed by atoms with Crippen LogP contribution in [0.3, 0.4) is 0 Å². The number of rotatable bonds is 4. The van der Waals surface area contributed by atoms with Crippen molar-refractivity contribution in [3.8, 4) is 5.75 Å². The van der Waals surface area contributed by atoms with Crippen molar-refractivity contribution >= 4 is 31.9 Å². The van der Waals surface area contributed by atoms with Crippen LogP contribution in [0.2, 0.25) is 0 Å². The van der Waals surface area contributed by atoms with E-state index in [2.05, 4.69) is 31.9 Å². The van der Waals surface area contributed by atoms with Gasteiger partial charge in [-0.1, -0.05) is 44.0 Å². The Morgan fingerprint density at radius 1 is 1.05 bits per heavy atom. The van der Waals surface area contributed by atoms with Gasteiger partial charge in [0.05, 0.1) is 0 Å². The first kappa shape index (κ1) is 14.6. The lowest BCUT2D eigenvalue weighted by atomic mass is 10.1. The van der Waals surface area contributed by atoms with Crippen molar-refractivity contribution in [2.45, 2.75) is 19.6 Å². The second-order valence-corrected chi connectivity index (χ2v) is 6.22. The summed E-state index contributed by atoms with van der Waals surface area (Å²) < 4.78 is 7.94. The third-order valence-electron chi connectivity index (χ3n) is 2.77. The Kier molecular flexibility index (Phi) is 5.02. The lowest BCUT2D eigenvalue weighted by Crippen LogP contribution is -2.08. The molecule has 0 fully saturated rings. The first-order chi connectivity index (χ1) is 9.06. The minimum absolute atomic E-state index is 0.0579. The summed E-state index contributed by atoms with van der Waals surface area (Å²) in [6, 6.07) is 13.9. The maximum Gasteiger partial charge on any atom is 0.124 e. The predicted molar refractivity (Wildman–Crippen MR) is 85.2 cm³/mol. The van der Waals surface area contributed by atoms with Crippen LogP contribution in [0.25, 0.3) is 0 Å². The van der Waals surface area contributed by atoms with E-state index >= 15 is 0 Å². The van der Waals surface area contributed by atoms with Crippen molar-refractivity contribution in [3.05, 3.63) is 62.5 Å². The minimum atomic E-state index is -0.0579. The monoisotopic (exact) mass is 383 g/mol. The molecule has 0 aliphatic heterocycles. The van der Waals surface area contributed by atoms with E-state index in [4.69, 9.17) is 10.5 Å². The van der Waals surface area contributed by atoms with Crippen LogP contribution in [0, 0.1) is 0 Å². The quantitative estimate of drug-likeness (QED) is 0.820. The smallest absolute Gasteiger partial charge is 0.124 e. The maximum atomic E-state index is 5.97. The van der Waals surface area contributed by atoms with E-state index < -0.39 is 0 Å². The molecule has 1 atom stereocenters. The van der Waals surface area contributed by atoms with Crippen molar-refractivity contribution in [2.24, 2.45) is 5.73 Å². The number of hydrogen-bond acceptors (Lipinski definition) is 2. The molecule has 2 rings (SSSR count). The van der Waals surface area contributed by atoms with Crippen LogP contribution in [-0.4, -0.2) is 0 Å². The Morgan fingerprint density at radius 2 is 1.68 bits per heavy atom. The van der Waals surface area contributed by atoms with Crippen LogP contribution in [0.15, 0.2) is 51.4 Å². The van der Waals surface area contributed by atoms with E-state index in [9.17, 15) is 0 Å². The highest BCUT2D eigenvalue weighted by Gasteiger charge is 2.09. The summed E-state index contributed by atoms with van der Waals surface area (Å²) >= 11 is 6.87. The molecule has 4 heteroatoms. The lowest BCUT2D eigenvalue weighted by Gasteiger charge is -2.14. The highest BCUT2D eigenvalue weighted by molar-refractivity contribution is 9.10. The molecule has 0 spiro atoms. The summed E-state index contributed by atoms with van der Waals surface area (Å²) in [6.45, 7) is 2.49. The molecule has 0 heterocycles. The van der Waals surface area contributed by atoms with Gasteiger partial charge in [-0.3, -0.25) is 0 Å². The molecule has 0 radical (unpaired) electrons. The molecule has 0 saturated carbocycles. The minimum Gasteiger partial charge on any atom is -0.489 e. The second-order valence-electron chi connectivity index (χ2n) is 4.39. The molecule has 0 aromatic heterocycles. The van der Waals surface area contributed by atoms with E-state index in [1.807, 2.05) is 49.4 Å². The standard InChI is InChI=1S/C15H15Br2NO/c1-10(18)14-8-13(17)6-7-15(14)19-9-11-2-4-12(16)5-3-11/h2-8,10H,9,18H2,1H3/t10-/m1/s1. The van der Waals surface area contributed by atoms with Gasteiger partial charge in [-0.05, 0) is 42.8 Å². The van der Waals surface area contributed by atoms with Gasteiger partial charge >= 0.3 is 0 Å². The van der Waals surface area contributed by atoms with Gasteiger partial charge in [0.25, 0.3) is 0 Å². The van der Waals surface area contributed by atoms with Crippen molar-refractivity contribution in [2.75, 3.05) is 0 Å². The van der Waals surface area contributed by atoms with Gasteiger partial charge < -0.3 is 10.5 Å². The molecule has 0 unspecified atom stereocenters. The number of benzene rings is 2. The molecule has 2 N–H and O–H groups in total. The molecule has 19 heavy (non-hydrogen) atoms. The van der Waals surface area contributed by atoms with Gasteiger partial charge in [-0.25, -0.2) is 0 Å². The van der Waals surface area contributed by atoms with Crippen molar-refractivity contribution in [3.63, 3.8) is 0 Å². The number of nitrogens with two attached hydrogens (primary N) is 1. The van der Waals surface area contributed by atoms with Crippen LogP contribution in [0.1, 0.15) is 24.1 Å². The molecular formula is C15H15Br2NO. The summed E-state index contributed by atoms with van der Waals surface area (Å²) in [6.07, 6.45) is 0. The van der Waals surface area contributed by atoms with Crippen LogP contribution < -0.4 is 10.5 Å². The fourth-order valence-electron chi connectivity index (χ4n) is 1.75. The molecule has 0 aliphatic rings. The first-order valence-corrected chi connectivity index (χ1v) is 7.57. The fourth-order valence-corrected chi connectivity index (χ4v) is 2.39. The largest absolute Gasteiger partial charge is 0.489 e. The molecule has 100 valence electrons. The van der Waals surface area contributed by atoms with Crippen LogP contribution >= 0.6 is 31.9 Å². The Bertz CT molecular complexity index is 553. The van der Waals surface area contributed by atoms with Gasteiger partial charge in [0.2, 0.25) is 0 Å². The van der Waals surface area contributed by atoms with Crippen molar-refractivity contribution < 1.29 is 4.74 Å². The van der Waals surface area contributed by atoms with Gasteiger partial charge in [-0.2, -0.15) is 0 Å². The highest BCUT2D eigenvalue weighted by atomic mass is 79.9. The molecule has 2 aromatic carbocycles. The summed E-state index contributed by atoms with van der Waals surface area (Å²) in [5.41, 5.74) is 8.10. The molecule has 0 amide bonds.